The highest BCUT2D eigenvalue weighted by Crippen LogP contribution is 2.34. The van der Waals surface area contributed by atoms with E-state index in [9.17, 15) is 9.59 Å². The van der Waals surface area contributed by atoms with Crippen LogP contribution in [0.3, 0.4) is 0 Å². The first-order valence-corrected chi connectivity index (χ1v) is 13.7. The van der Waals surface area contributed by atoms with E-state index in [1.165, 1.54) is 11.8 Å². The van der Waals surface area contributed by atoms with Crippen LogP contribution in [-0.2, 0) is 46.5 Å². The van der Waals surface area contributed by atoms with Gasteiger partial charge in [-0.15, -0.1) is 35.0 Å². The highest BCUT2D eigenvalue weighted by Gasteiger charge is 2.51. The normalized spacial score (nSPS) is 23.7. The molecule has 0 unspecified atom stereocenters. The van der Waals surface area contributed by atoms with Gasteiger partial charge in [-0.3, -0.25) is 9.59 Å². The average Bonchev–Trinajstić information content (AvgIpc) is 2.91. The molecule has 0 spiro atoms. The Hall–Kier alpha value is -1.81. The molecule has 1 heterocycles. The molecule has 0 aliphatic carbocycles. The van der Waals surface area contributed by atoms with E-state index in [4.69, 9.17) is 46.9 Å². The number of esters is 2. The molecule has 1 aliphatic rings. The number of hydrogen-bond donors (Lipinski definition) is 0. The molecule has 5 atom stereocenters. The second kappa shape index (κ2) is 15.4. The van der Waals surface area contributed by atoms with Crippen molar-refractivity contribution in [3.63, 3.8) is 0 Å². The van der Waals surface area contributed by atoms with E-state index in [1.54, 1.807) is 0 Å². The monoisotopic (exact) mass is 556 g/mol. The molecule has 0 N–H and O–H groups in total. The zero-order valence-electron chi connectivity index (χ0n) is 19.9. The lowest BCUT2D eigenvalue weighted by Gasteiger charge is -2.45. The van der Waals surface area contributed by atoms with Crippen LogP contribution < -0.4 is 0 Å². The second-order valence-corrected chi connectivity index (χ2v) is 9.85. The molecule has 0 aromatic heterocycles. The zero-order valence-corrected chi connectivity index (χ0v) is 22.3. The Morgan fingerprint density at radius 1 is 0.833 bits per heavy atom. The molecule has 0 saturated carbocycles. The van der Waals surface area contributed by atoms with Gasteiger partial charge in [-0.25, -0.2) is 0 Å². The fraction of sp³-hybridized carbons (Fsp3) is 0.462. The Kier molecular flexibility index (Phi) is 12.3. The summed E-state index contributed by atoms with van der Waals surface area (Å²) in [5.41, 5.74) is 1.40. The van der Waals surface area contributed by atoms with Crippen molar-refractivity contribution in [1.82, 2.24) is 0 Å². The van der Waals surface area contributed by atoms with Crippen LogP contribution in [0.5, 0.6) is 0 Å². The molecule has 10 heteroatoms. The largest absolute Gasteiger partial charge is 0.455 e. The predicted molar refractivity (Wildman–Crippen MR) is 139 cm³/mol. The first kappa shape index (κ1) is 28.8. The van der Waals surface area contributed by atoms with Crippen molar-refractivity contribution in [3.05, 3.63) is 71.8 Å². The Labute approximate surface area is 225 Å². The van der Waals surface area contributed by atoms with Gasteiger partial charge >= 0.3 is 11.9 Å². The van der Waals surface area contributed by atoms with Crippen LogP contribution in [0.25, 0.3) is 0 Å². The van der Waals surface area contributed by atoms with Crippen LogP contribution in [0.15, 0.2) is 60.7 Å². The molecule has 2 aromatic carbocycles. The predicted octanol–water partition coefficient (Wildman–Crippen LogP) is 4.57. The third-order valence-corrected chi connectivity index (χ3v) is 6.83. The molecule has 196 valence electrons. The lowest BCUT2D eigenvalue weighted by Crippen LogP contribution is -2.61. The Balaban J connectivity index is 1.84. The van der Waals surface area contributed by atoms with Gasteiger partial charge < -0.3 is 23.7 Å². The number of thioether (sulfide) groups is 1. The number of alkyl halides is 2. The van der Waals surface area contributed by atoms with Gasteiger partial charge in [-0.2, -0.15) is 0 Å². The highest BCUT2D eigenvalue weighted by molar-refractivity contribution is 7.99. The van der Waals surface area contributed by atoms with Gasteiger partial charge in [0.1, 0.15) is 29.4 Å². The van der Waals surface area contributed by atoms with Crippen LogP contribution in [-0.4, -0.2) is 65.9 Å². The van der Waals surface area contributed by atoms with Crippen LogP contribution in [0.2, 0.25) is 0 Å². The standard InChI is InChI=1S/C26H30Cl2O7S/c1-2-36-26-25(32-16-19-11-7-4-8-12-19)24(35-22(30)14-28)23(34-21(29)13-27)20(33-26)17-31-15-18-9-5-3-6-10-18/h3-12,20,23-26H,2,13-17H2,1H3/t20-,23+,24+,25-,26+/m1/s1. The fourth-order valence-corrected chi connectivity index (χ4v) is 4.86. The molecular formula is C26H30Cl2O7S. The van der Waals surface area contributed by atoms with Crippen LogP contribution in [0, 0.1) is 0 Å². The summed E-state index contributed by atoms with van der Waals surface area (Å²) in [6.45, 7) is 2.66. The number of carbonyl (C=O) groups excluding carboxylic acids is 2. The molecule has 0 bridgehead atoms. The number of halogens is 2. The smallest absolute Gasteiger partial charge is 0.321 e. The quantitative estimate of drug-likeness (QED) is 0.262. The Morgan fingerprint density at radius 3 is 1.94 bits per heavy atom. The maximum Gasteiger partial charge on any atom is 0.321 e. The SMILES string of the molecule is CCS[C@@H]1O[C@H](COCc2ccccc2)[C@H](OC(=O)CCl)[C@H](OC(=O)CCl)[C@H]1OCc1ccccc1. The first-order chi connectivity index (χ1) is 17.5. The maximum absolute atomic E-state index is 12.3. The maximum atomic E-state index is 12.3. The molecule has 0 amide bonds. The number of benzene rings is 2. The molecule has 0 radical (unpaired) electrons. The van der Waals surface area contributed by atoms with Crippen molar-refractivity contribution in [2.45, 2.75) is 50.0 Å². The van der Waals surface area contributed by atoms with Gasteiger partial charge in [-0.05, 0) is 16.9 Å². The van der Waals surface area contributed by atoms with Gasteiger partial charge in [0.25, 0.3) is 0 Å². The van der Waals surface area contributed by atoms with Crippen LogP contribution >= 0.6 is 35.0 Å². The molecule has 1 saturated heterocycles. The van der Waals surface area contributed by atoms with E-state index in [-0.39, 0.29) is 25.0 Å². The van der Waals surface area contributed by atoms with Gasteiger partial charge in [-0.1, -0.05) is 67.6 Å². The van der Waals surface area contributed by atoms with E-state index in [0.717, 1.165) is 16.9 Å². The second-order valence-electron chi connectivity index (χ2n) is 7.94. The van der Waals surface area contributed by atoms with Crippen molar-refractivity contribution in [3.8, 4) is 0 Å². The number of ether oxygens (including phenoxy) is 5. The van der Waals surface area contributed by atoms with Crippen LogP contribution in [0.1, 0.15) is 18.1 Å². The molecule has 1 fully saturated rings. The summed E-state index contributed by atoms with van der Waals surface area (Å²) >= 11 is 13.0. The third kappa shape index (κ3) is 8.64. The van der Waals surface area contributed by atoms with Crippen LogP contribution in [0.4, 0.5) is 0 Å². The fourth-order valence-electron chi connectivity index (χ4n) is 3.76. The summed E-state index contributed by atoms with van der Waals surface area (Å²) in [6, 6.07) is 19.2. The van der Waals surface area contributed by atoms with E-state index < -0.39 is 41.8 Å². The Morgan fingerprint density at radius 2 is 1.39 bits per heavy atom. The third-order valence-electron chi connectivity index (χ3n) is 5.35. The van der Waals surface area contributed by atoms with Crippen molar-refractivity contribution < 1.29 is 33.3 Å². The van der Waals surface area contributed by atoms with Crippen molar-refractivity contribution in [2.75, 3.05) is 24.1 Å². The summed E-state index contributed by atoms with van der Waals surface area (Å²) in [7, 11) is 0. The molecule has 7 nitrogen and oxygen atoms in total. The van der Waals surface area contributed by atoms with Crippen molar-refractivity contribution in [1.29, 1.82) is 0 Å². The van der Waals surface area contributed by atoms with E-state index in [2.05, 4.69) is 0 Å². The van der Waals surface area contributed by atoms with E-state index in [1.807, 2.05) is 67.6 Å². The zero-order chi connectivity index (χ0) is 25.8. The number of hydrogen-bond acceptors (Lipinski definition) is 8. The minimum absolute atomic E-state index is 0.0935. The summed E-state index contributed by atoms with van der Waals surface area (Å²) in [5.74, 6) is -1.34. The lowest BCUT2D eigenvalue weighted by atomic mass is 9.99. The number of carbonyl (C=O) groups is 2. The minimum Gasteiger partial charge on any atom is -0.455 e. The molecule has 36 heavy (non-hydrogen) atoms. The first-order valence-electron chi connectivity index (χ1n) is 11.6. The van der Waals surface area contributed by atoms with Gasteiger partial charge in [0.2, 0.25) is 0 Å². The molecule has 2 aromatic rings. The van der Waals surface area contributed by atoms with Gasteiger partial charge in [0, 0.05) is 0 Å². The lowest BCUT2D eigenvalue weighted by molar-refractivity contribution is -0.242. The topological polar surface area (TPSA) is 80.3 Å². The molecule has 3 rings (SSSR count). The molecule has 1 aliphatic heterocycles. The van der Waals surface area contributed by atoms with Crippen molar-refractivity contribution in [2.24, 2.45) is 0 Å². The minimum atomic E-state index is -1.01. The summed E-state index contributed by atoms with van der Waals surface area (Å²) in [5, 5.41) is 0. The average molecular weight is 557 g/mol. The summed E-state index contributed by atoms with van der Waals surface area (Å²) in [4.78, 5) is 24.6. The molecular weight excluding hydrogens is 527 g/mol. The summed E-state index contributed by atoms with van der Waals surface area (Å²) < 4.78 is 29.8. The summed E-state index contributed by atoms with van der Waals surface area (Å²) in [6.07, 6.45) is -3.45. The van der Waals surface area contributed by atoms with Gasteiger partial charge in [0.05, 0.1) is 19.8 Å². The van der Waals surface area contributed by atoms with Gasteiger partial charge in [0.15, 0.2) is 12.2 Å². The Bertz CT molecular complexity index is 934. The van der Waals surface area contributed by atoms with E-state index >= 15 is 0 Å². The van der Waals surface area contributed by atoms with E-state index in [0.29, 0.717) is 6.61 Å². The van der Waals surface area contributed by atoms with Crippen molar-refractivity contribution >= 4 is 46.9 Å². The highest BCUT2D eigenvalue weighted by atomic mass is 35.5. The number of rotatable bonds is 13.